The molecule has 0 unspecified atom stereocenters. The van der Waals surface area contributed by atoms with E-state index >= 15 is 0 Å². The number of likely N-dealkylation sites (tertiary alicyclic amines) is 1. The largest absolute Gasteiger partial charge is 0.496 e. The smallest absolute Gasteiger partial charge is 0.227 e. The summed E-state index contributed by atoms with van der Waals surface area (Å²) in [5.41, 5.74) is 1.17. The van der Waals surface area contributed by atoms with Crippen LogP contribution in [0.3, 0.4) is 0 Å². The summed E-state index contributed by atoms with van der Waals surface area (Å²) >= 11 is 0. The van der Waals surface area contributed by atoms with Gasteiger partial charge in [-0.15, -0.1) is 0 Å². The summed E-state index contributed by atoms with van der Waals surface area (Å²) in [6.45, 7) is 1.18. The second kappa shape index (κ2) is 6.99. The van der Waals surface area contributed by atoms with Gasteiger partial charge in [0.05, 0.1) is 13.5 Å². The van der Waals surface area contributed by atoms with Gasteiger partial charge in [0.1, 0.15) is 5.75 Å². The van der Waals surface area contributed by atoms with Gasteiger partial charge in [0, 0.05) is 24.6 Å². The van der Waals surface area contributed by atoms with E-state index < -0.39 is 11.6 Å². The van der Waals surface area contributed by atoms with Crippen LogP contribution in [0.25, 0.3) is 0 Å². The van der Waals surface area contributed by atoms with E-state index in [4.69, 9.17) is 4.74 Å². The molecule has 0 aromatic heterocycles. The van der Waals surface area contributed by atoms with Crippen LogP contribution in [-0.2, 0) is 11.2 Å². The Morgan fingerprint density at radius 2 is 2.00 bits per heavy atom. The van der Waals surface area contributed by atoms with E-state index in [1.54, 1.807) is 12.0 Å². The van der Waals surface area contributed by atoms with Gasteiger partial charge in [-0.3, -0.25) is 4.79 Å². The van der Waals surface area contributed by atoms with Crippen molar-refractivity contribution in [2.45, 2.75) is 18.8 Å². The maximum atomic E-state index is 13.7. The minimum absolute atomic E-state index is 0.0979. The van der Waals surface area contributed by atoms with Crippen LogP contribution in [0.4, 0.5) is 8.78 Å². The third kappa shape index (κ3) is 3.25. The van der Waals surface area contributed by atoms with Crippen molar-refractivity contribution in [2.24, 2.45) is 0 Å². The van der Waals surface area contributed by atoms with Gasteiger partial charge in [0.2, 0.25) is 5.91 Å². The first kappa shape index (κ1) is 16.4. The minimum Gasteiger partial charge on any atom is -0.496 e. The van der Waals surface area contributed by atoms with Gasteiger partial charge < -0.3 is 9.64 Å². The summed E-state index contributed by atoms with van der Waals surface area (Å²) in [6.07, 6.45) is 0.708. The Labute approximate surface area is 139 Å². The number of para-hydroxylation sites is 1. The van der Waals surface area contributed by atoms with Gasteiger partial charge in [-0.2, -0.15) is 0 Å². The van der Waals surface area contributed by atoms with Crippen molar-refractivity contribution in [3.05, 3.63) is 65.2 Å². The first-order chi connectivity index (χ1) is 11.6. The number of carbonyl (C=O) groups is 1. The molecule has 0 saturated carbocycles. The van der Waals surface area contributed by atoms with E-state index in [1.165, 1.54) is 12.1 Å². The molecule has 3 rings (SSSR count). The molecule has 0 radical (unpaired) electrons. The molecule has 1 amide bonds. The summed E-state index contributed by atoms with van der Waals surface area (Å²) in [4.78, 5) is 14.1. The lowest BCUT2D eigenvalue weighted by Gasteiger charge is -2.18. The summed E-state index contributed by atoms with van der Waals surface area (Å²) in [7, 11) is 1.63. The van der Waals surface area contributed by atoms with Crippen molar-refractivity contribution in [3.63, 3.8) is 0 Å². The van der Waals surface area contributed by atoms with E-state index in [-0.39, 0.29) is 23.8 Å². The van der Waals surface area contributed by atoms with Gasteiger partial charge in [-0.05, 0) is 24.1 Å². The fraction of sp³-hybridized carbons (Fsp3) is 0.316. The molecule has 1 fully saturated rings. The molecule has 1 aliphatic rings. The van der Waals surface area contributed by atoms with Gasteiger partial charge in [0.15, 0.2) is 11.6 Å². The van der Waals surface area contributed by atoms with Crippen LogP contribution in [0.1, 0.15) is 23.5 Å². The Balaban J connectivity index is 1.69. The summed E-state index contributed by atoms with van der Waals surface area (Å²) < 4.78 is 32.4. The lowest BCUT2D eigenvalue weighted by Crippen LogP contribution is -2.30. The standard InChI is InChI=1S/C19H19F2NO2/c1-24-17-8-3-2-6-15(17)14-9-10-22(12-14)18(23)11-13-5-4-7-16(20)19(13)21/h2-8,14H,9-12H2,1H3/t14-/m0/s1. The molecule has 0 aliphatic carbocycles. The third-order valence-corrected chi connectivity index (χ3v) is 4.49. The summed E-state index contributed by atoms with van der Waals surface area (Å²) in [5.74, 6) is -1.03. The first-order valence-corrected chi connectivity index (χ1v) is 7.93. The molecule has 24 heavy (non-hydrogen) atoms. The van der Waals surface area contributed by atoms with Crippen molar-refractivity contribution in [1.29, 1.82) is 0 Å². The average molecular weight is 331 g/mol. The normalized spacial score (nSPS) is 17.1. The monoisotopic (exact) mass is 331 g/mol. The fourth-order valence-electron chi connectivity index (χ4n) is 3.20. The fourth-order valence-corrected chi connectivity index (χ4v) is 3.20. The Bertz CT molecular complexity index is 748. The molecule has 1 saturated heterocycles. The number of nitrogens with zero attached hydrogens (tertiary/aromatic N) is 1. The van der Waals surface area contributed by atoms with Crippen molar-refractivity contribution in [1.82, 2.24) is 4.90 Å². The summed E-state index contributed by atoms with van der Waals surface area (Å²) in [6, 6.07) is 11.7. The van der Waals surface area contributed by atoms with Crippen LogP contribution in [-0.4, -0.2) is 31.0 Å². The average Bonchev–Trinajstić information content (AvgIpc) is 3.09. The highest BCUT2D eigenvalue weighted by Gasteiger charge is 2.29. The lowest BCUT2D eigenvalue weighted by molar-refractivity contribution is -0.129. The van der Waals surface area contributed by atoms with Crippen molar-refractivity contribution >= 4 is 5.91 Å². The van der Waals surface area contributed by atoms with Crippen LogP contribution in [0, 0.1) is 11.6 Å². The van der Waals surface area contributed by atoms with Gasteiger partial charge in [-0.25, -0.2) is 8.78 Å². The Morgan fingerprint density at radius 1 is 1.21 bits per heavy atom. The first-order valence-electron chi connectivity index (χ1n) is 7.93. The molecular weight excluding hydrogens is 312 g/mol. The van der Waals surface area contributed by atoms with Crippen LogP contribution in [0.5, 0.6) is 5.75 Å². The topological polar surface area (TPSA) is 29.5 Å². The highest BCUT2D eigenvalue weighted by Crippen LogP contribution is 2.33. The number of halogens is 2. The molecule has 3 nitrogen and oxygen atoms in total. The number of carbonyl (C=O) groups excluding carboxylic acids is 1. The second-order valence-corrected chi connectivity index (χ2v) is 5.96. The molecule has 1 heterocycles. The molecule has 0 spiro atoms. The van der Waals surface area contributed by atoms with E-state index in [2.05, 4.69) is 0 Å². The highest BCUT2D eigenvalue weighted by molar-refractivity contribution is 5.79. The van der Waals surface area contributed by atoms with E-state index in [9.17, 15) is 13.6 Å². The zero-order valence-electron chi connectivity index (χ0n) is 13.5. The van der Waals surface area contributed by atoms with Crippen LogP contribution in [0.15, 0.2) is 42.5 Å². The lowest BCUT2D eigenvalue weighted by atomic mass is 9.97. The number of amides is 1. The minimum atomic E-state index is -0.939. The van der Waals surface area contributed by atoms with Crippen LogP contribution >= 0.6 is 0 Å². The molecular formula is C19H19F2NO2. The Kier molecular flexibility index (Phi) is 4.79. The van der Waals surface area contributed by atoms with Crippen LogP contribution in [0.2, 0.25) is 0 Å². The maximum Gasteiger partial charge on any atom is 0.227 e. The number of hydrogen-bond acceptors (Lipinski definition) is 2. The molecule has 1 atom stereocenters. The number of ether oxygens (including phenoxy) is 1. The summed E-state index contributed by atoms with van der Waals surface area (Å²) in [5, 5.41) is 0. The van der Waals surface area contributed by atoms with Gasteiger partial charge >= 0.3 is 0 Å². The SMILES string of the molecule is COc1ccccc1[C@H]1CCN(C(=O)Cc2cccc(F)c2F)C1. The van der Waals surface area contributed by atoms with Crippen molar-refractivity contribution < 1.29 is 18.3 Å². The van der Waals surface area contributed by atoms with Crippen LogP contribution < -0.4 is 4.74 Å². The third-order valence-electron chi connectivity index (χ3n) is 4.49. The zero-order valence-corrected chi connectivity index (χ0v) is 13.5. The van der Waals surface area contributed by atoms with Gasteiger partial charge in [0.25, 0.3) is 0 Å². The quantitative estimate of drug-likeness (QED) is 0.858. The predicted molar refractivity (Wildman–Crippen MR) is 87.0 cm³/mol. The molecule has 126 valence electrons. The number of rotatable bonds is 4. The van der Waals surface area contributed by atoms with E-state index in [0.717, 1.165) is 23.8 Å². The highest BCUT2D eigenvalue weighted by atomic mass is 19.2. The number of hydrogen-bond donors (Lipinski definition) is 0. The van der Waals surface area contributed by atoms with Crippen molar-refractivity contribution in [2.75, 3.05) is 20.2 Å². The molecule has 1 aliphatic heterocycles. The molecule has 0 N–H and O–H groups in total. The number of methoxy groups -OCH3 is 1. The van der Waals surface area contributed by atoms with E-state index in [0.29, 0.717) is 13.1 Å². The number of benzene rings is 2. The Hall–Kier alpha value is -2.43. The molecule has 5 heteroatoms. The maximum absolute atomic E-state index is 13.7. The molecule has 2 aromatic carbocycles. The zero-order chi connectivity index (χ0) is 17.1. The second-order valence-electron chi connectivity index (χ2n) is 5.96. The Morgan fingerprint density at radius 3 is 2.79 bits per heavy atom. The van der Waals surface area contributed by atoms with Crippen molar-refractivity contribution in [3.8, 4) is 5.75 Å². The van der Waals surface area contributed by atoms with Gasteiger partial charge in [-0.1, -0.05) is 30.3 Å². The molecule has 2 aromatic rings. The molecule has 0 bridgehead atoms. The predicted octanol–water partition coefficient (Wildman–Crippen LogP) is 3.53. The van der Waals surface area contributed by atoms with E-state index in [1.807, 2.05) is 24.3 Å².